The van der Waals surface area contributed by atoms with Crippen molar-refractivity contribution in [3.63, 3.8) is 0 Å². The molecular formula is C22H26N2O2. The Hall–Kier alpha value is -2.62. The highest BCUT2D eigenvalue weighted by molar-refractivity contribution is 6.17. The molecule has 1 fully saturated rings. The van der Waals surface area contributed by atoms with E-state index in [2.05, 4.69) is 24.5 Å². The van der Waals surface area contributed by atoms with Crippen molar-refractivity contribution in [2.24, 2.45) is 5.41 Å². The minimum Gasteiger partial charge on any atom is -0.325 e. The van der Waals surface area contributed by atoms with Gasteiger partial charge < -0.3 is 10.6 Å². The monoisotopic (exact) mass is 350 g/mol. The molecule has 26 heavy (non-hydrogen) atoms. The summed E-state index contributed by atoms with van der Waals surface area (Å²) in [4.78, 5) is 25.5. The zero-order valence-corrected chi connectivity index (χ0v) is 15.6. The summed E-state index contributed by atoms with van der Waals surface area (Å²) >= 11 is 0. The Morgan fingerprint density at radius 1 is 0.962 bits per heavy atom. The molecule has 0 radical (unpaired) electrons. The molecule has 1 saturated carbocycles. The van der Waals surface area contributed by atoms with Crippen molar-refractivity contribution in [1.29, 1.82) is 0 Å². The minimum absolute atomic E-state index is 0.213. The van der Waals surface area contributed by atoms with Gasteiger partial charge in [0.05, 0.1) is 0 Å². The third-order valence-corrected chi connectivity index (χ3v) is 5.10. The van der Waals surface area contributed by atoms with E-state index in [4.69, 9.17) is 0 Å². The van der Waals surface area contributed by atoms with Crippen LogP contribution >= 0.6 is 0 Å². The molecule has 4 nitrogen and oxygen atoms in total. The van der Waals surface area contributed by atoms with Gasteiger partial charge in [-0.15, -0.1) is 0 Å². The molecule has 0 atom stereocenters. The number of rotatable bonds is 6. The summed E-state index contributed by atoms with van der Waals surface area (Å²) in [5, 5.41) is 5.86. The summed E-state index contributed by atoms with van der Waals surface area (Å²) in [6, 6.07) is 15.5. The smallest absolute Gasteiger partial charge is 0.240 e. The molecule has 3 rings (SSSR count). The number of benzene rings is 2. The van der Waals surface area contributed by atoms with Crippen molar-refractivity contribution in [1.82, 2.24) is 0 Å². The second-order valence-corrected chi connectivity index (χ2v) is 7.28. The maximum atomic E-state index is 12.8. The molecule has 2 amide bonds. The van der Waals surface area contributed by atoms with Gasteiger partial charge in [-0.05, 0) is 54.5 Å². The molecule has 0 spiro atoms. The van der Waals surface area contributed by atoms with Gasteiger partial charge in [0.2, 0.25) is 11.8 Å². The van der Waals surface area contributed by atoms with Crippen LogP contribution in [0, 0.1) is 5.41 Å². The Bertz CT molecular complexity index is 805. The van der Waals surface area contributed by atoms with E-state index in [1.165, 1.54) is 5.56 Å². The van der Waals surface area contributed by atoms with Crippen LogP contribution in [0.25, 0.3) is 0 Å². The summed E-state index contributed by atoms with van der Waals surface area (Å²) in [6.45, 7) is 6.31. The fourth-order valence-electron chi connectivity index (χ4n) is 3.08. The van der Waals surface area contributed by atoms with Gasteiger partial charge >= 0.3 is 0 Å². The SMILES string of the molecule is CCc1ccccc1NC(=O)C1(C(=O)Nc2ccc(C(C)C)cc2)CC1. The Kier molecular flexibility index (Phi) is 5.12. The molecule has 1 aliphatic carbocycles. The largest absolute Gasteiger partial charge is 0.325 e. The minimum atomic E-state index is -0.947. The quantitative estimate of drug-likeness (QED) is 0.740. The summed E-state index contributed by atoms with van der Waals surface area (Å²) in [7, 11) is 0. The zero-order valence-electron chi connectivity index (χ0n) is 15.6. The second-order valence-electron chi connectivity index (χ2n) is 7.28. The van der Waals surface area contributed by atoms with E-state index in [0.29, 0.717) is 18.8 Å². The summed E-state index contributed by atoms with van der Waals surface area (Å²) < 4.78 is 0. The van der Waals surface area contributed by atoms with Gasteiger partial charge in [0.1, 0.15) is 5.41 Å². The van der Waals surface area contributed by atoms with Crippen molar-refractivity contribution >= 4 is 23.2 Å². The molecule has 2 N–H and O–H groups in total. The first-order chi connectivity index (χ1) is 12.5. The summed E-state index contributed by atoms with van der Waals surface area (Å²) in [5.74, 6) is 0.00918. The first kappa shape index (κ1) is 18.2. The molecular weight excluding hydrogens is 324 g/mol. The molecule has 4 heteroatoms. The lowest BCUT2D eigenvalue weighted by Gasteiger charge is -2.17. The number of aryl methyl sites for hydroxylation is 1. The first-order valence-corrected chi connectivity index (χ1v) is 9.27. The third kappa shape index (κ3) is 3.64. The standard InChI is InChI=1S/C22H26N2O2/c1-4-16-7-5-6-8-19(16)24-21(26)22(13-14-22)20(25)23-18-11-9-17(10-12-18)15(2)3/h5-12,15H,4,13-14H2,1-3H3,(H,23,25)(H,24,26). The maximum absolute atomic E-state index is 12.8. The zero-order chi connectivity index (χ0) is 18.7. The Morgan fingerprint density at radius 2 is 1.58 bits per heavy atom. The summed E-state index contributed by atoms with van der Waals surface area (Å²) in [6.07, 6.45) is 2.00. The molecule has 0 heterocycles. The predicted molar refractivity (Wildman–Crippen MR) is 105 cm³/mol. The molecule has 1 aliphatic rings. The van der Waals surface area contributed by atoms with Gasteiger partial charge in [-0.1, -0.05) is 51.1 Å². The number of nitrogens with one attached hydrogen (secondary N) is 2. The molecule has 0 aromatic heterocycles. The number of anilines is 2. The average molecular weight is 350 g/mol. The van der Waals surface area contributed by atoms with Gasteiger partial charge in [-0.2, -0.15) is 0 Å². The molecule has 2 aromatic rings. The van der Waals surface area contributed by atoms with E-state index < -0.39 is 5.41 Å². The van der Waals surface area contributed by atoms with Crippen LogP contribution in [-0.2, 0) is 16.0 Å². The second kappa shape index (κ2) is 7.32. The van der Waals surface area contributed by atoms with Crippen LogP contribution < -0.4 is 10.6 Å². The van der Waals surface area contributed by atoms with Gasteiger partial charge in [-0.25, -0.2) is 0 Å². The van der Waals surface area contributed by atoms with Crippen molar-refractivity contribution < 1.29 is 9.59 Å². The number of hydrogen-bond donors (Lipinski definition) is 2. The number of para-hydroxylation sites is 1. The van der Waals surface area contributed by atoms with Crippen LogP contribution in [0.3, 0.4) is 0 Å². The lowest BCUT2D eigenvalue weighted by Crippen LogP contribution is -2.35. The van der Waals surface area contributed by atoms with Crippen molar-refractivity contribution in [2.45, 2.75) is 46.0 Å². The highest BCUT2D eigenvalue weighted by Gasteiger charge is 2.56. The maximum Gasteiger partial charge on any atom is 0.240 e. The number of amides is 2. The Balaban J connectivity index is 1.69. The first-order valence-electron chi connectivity index (χ1n) is 9.27. The van der Waals surface area contributed by atoms with Crippen LogP contribution in [0.5, 0.6) is 0 Å². The fourth-order valence-corrected chi connectivity index (χ4v) is 3.08. The fraction of sp³-hybridized carbons (Fsp3) is 0.364. The van der Waals surface area contributed by atoms with E-state index in [1.54, 1.807) is 0 Å². The lowest BCUT2D eigenvalue weighted by atomic mass is 10.0. The Morgan fingerprint density at radius 3 is 2.15 bits per heavy atom. The topological polar surface area (TPSA) is 58.2 Å². The van der Waals surface area contributed by atoms with Gasteiger partial charge in [-0.3, -0.25) is 9.59 Å². The molecule has 0 saturated heterocycles. The average Bonchev–Trinajstić information content (AvgIpc) is 3.44. The van der Waals surface area contributed by atoms with Gasteiger partial charge in [0, 0.05) is 11.4 Å². The lowest BCUT2D eigenvalue weighted by molar-refractivity contribution is -0.131. The van der Waals surface area contributed by atoms with E-state index in [-0.39, 0.29) is 11.8 Å². The summed E-state index contributed by atoms with van der Waals surface area (Å²) in [5.41, 5.74) is 2.87. The third-order valence-electron chi connectivity index (χ3n) is 5.10. The number of carbonyl (C=O) groups excluding carboxylic acids is 2. The molecule has 0 unspecified atom stereocenters. The number of hydrogen-bond acceptors (Lipinski definition) is 2. The van der Waals surface area contributed by atoms with Crippen molar-refractivity contribution in [3.05, 3.63) is 59.7 Å². The molecule has 0 aliphatic heterocycles. The predicted octanol–water partition coefficient (Wildman–Crippen LogP) is 4.73. The number of carbonyl (C=O) groups is 2. The molecule has 0 bridgehead atoms. The van der Waals surface area contributed by atoms with E-state index >= 15 is 0 Å². The normalized spacial score (nSPS) is 14.8. The highest BCUT2D eigenvalue weighted by atomic mass is 16.2. The molecule has 136 valence electrons. The van der Waals surface area contributed by atoms with Crippen LogP contribution in [0.15, 0.2) is 48.5 Å². The van der Waals surface area contributed by atoms with Gasteiger partial charge in [0.25, 0.3) is 0 Å². The van der Waals surface area contributed by atoms with Crippen molar-refractivity contribution in [2.75, 3.05) is 10.6 Å². The van der Waals surface area contributed by atoms with E-state index in [9.17, 15) is 9.59 Å². The van der Waals surface area contributed by atoms with Crippen LogP contribution in [0.2, 0.25) is 0 Å². The van der Waals surface area contributed by atoms with E-state index in [1.807, 2.05) is 55.5 Å². The van der Waals surface area contributed by atoms with E-state index in [0.717, 1.165) is 23.4 Å². The van der Waals surface area contributed by atoms with Crippen molar-refractivity contribution in [3.8, 4) is 0 Å². The Labute approximate surface area is 155 Å². The van der Waals surface area contributed by atoms with Crippen LogP contribution in [0.1, 0.15) is 50.7 Å². The van der Waals surface area contributed by atoms with Gasteiger partial charge in [0.15, 0.2) is 0 Å². The molecule has 2 aromatic carbocycles. The van der Waals surface area contributed by atoms with Crippen LogP contribution in [-0.4, -0.2) is 11.8 Å². The highest BCUT2D eigenvalue weighted by Crippen LogP contribution is 2.47. The van der Waals surface area contributed by atoms with Crippen LogP contribution in [0.4, 0.5) is 11.4 Å².